The molecule has 3 aromatic carbocycles. The fourth-order valence-electron chi connectivity index (χ4n) is 4.98. The Hall–Kier alpha value is -4.46. The number of nitrogens with zero attached hydrogens (tertiary/aromatic N) is 1. The number of aryl methyl sites for hydroxylation is 3. The van der Waals surface area contributed by atoms with E-state index in [2.05, 4.69) is 22.4 Å². The molecule has 0 unspecified atom stereocenters. The van der Waals surface area contributed by atoms with Crippen molar-refractivity contribution in [2.75, 3.05) is 12.4 Å². The maximum atomic E-state index is 14.2. The number of allylic oxidation sites excluding steroid dienone is 1. The maximum absolute atomic E-state index is 14.2. The summed E-state index contributed by atoms with van der Waals surface area (Å²) < 4.78 is 34.5. The van der Waals surface area contributed by atoms with Gasteiger partial charge in [-0.05, 0) is 73.4 Å². The van der Waals surface area contributed by atoms with Gasteiger partial charge in [-0.25, -0.2) is 18.5 Å². The SMILES string of the molecule is C/C=C/c1cc(C)c(-c2cc(-c3[nH]c(C)c(C(=O)Nc4cccc(C(F)(F)CC)c4)[n+]3[O-])ccc2OC)c(C)c1. The van der Waals surface area contributed by atoms with Crippen LogP contribution in [0.3, 0.4) is 0 Å². The number of H-pyrrole nitrogens is 1. The van der Waals surface area contributed by atoms with Crippen LogP contribution in [0.2, 0.25) is 0 Å². The molecule has 0 bridgehead atoms. The van der Waals surface area contributed by atoms with Gasteiger partial charge in [0, 0.05) is 30.2 Å². The number of hydrogen-bond donors (Lipinski definition) is 2. The average Bonchev–Trinajstić information content (AvgIpc) is 3.22. The molecule has 4 rings (SSSR count). The van der Waals surface area contributed by atoms with Crippen molar-refractivity contribution in [3.63, 3.8) is 0 Å². The van der Waals surface area contributed by atoms with Gasteiger partial charge >= 0.3 is 0 Å². The standard InChI is InChI=1S/C32H33F2N3O3/c1-7-10-22-15-19(3)28(20(4)16-22)26-17-23(13-14-27(26)40-6)30-35-21(5)29(37(30)39)31(38)36-25-12-9-11-24(18-25)32(33,34)8-2/h7,9-18,35H,8H2,1-6H3,(H,36,38)/b10-7+. The largest absolute Gasteiger partial charge is 0.710 e. The third-order valence-corrected chi connectivity index (χ3v) is 6.93. The maximum Gasteiger partial charge on any atom is 0.300 e. The fraction of sp³-hybridized carbons (Fsp3) is 0.250. The molecule has 0 aliphatic carbocycles. The molecule has 0 radical (unpaired) electrons. The van der Waals surface area contributed by atoms with Crippen LogP contribution in [0.25, 0.3) is 28.6 Å². The predicted octanol–water partition coefficient (Wildman–Crippen LogP) is 7.70. The lowest BCUT2D eigenvalue weighted by molar-refractivity contribution is -0.594. The van der Waals surface area contributed by atoms with Gasteiger partial charge in [0.25, 0.3) is 17.7 Å². The summed E-state index contributed by atoms with van der Waals surface area (Å²) in [7, 11) is 1.59. The highest BCUT2D eigenvalue weighted by molar-refractivity contribution is 6.03. The molecule has 1 aromatic heterocycles. The van der Waals surface area contributed by atoms with Crippen molar-refractivity contribution >= 4 is 17.7 Å². The second kappa shape index (κ2) is 11.3. The van der Waals surface area contributed by atoms with Crippen LogP contribution in [-0.2, 0) is 5.92 Å². The molecule has 0 fully saturated rings. The number of ether oxygens (including phenoxy) is 1. The molecular formula is C32H33F2N3O3. The van der Waals surface area contributed by atoms with Crippen LogP contribution in [0, 0.1) is 26.0 Å². The molecule has 40 heavy (non-hydrogen) atoms. The molecule has 208 valence electrons. The monoisotopic (exact) mass is 545 g/mol. The zero-order valence-electron chi connectivity index (χ0n) is 23.5. The smallest absolute Gasteiger partial charge is 0.300 e. The van der Waals surface area contributed by atoms with Crippen molar-refractivity contribution in [1.29, 1.82) is 0 Å². The van der Waals surface area contributed by atoms with Crippen molar-refractivity contribution in [2.24, 2.45) is 0 Å². The van der Waals surface area contributed by atoms with Gasteiger partial charge in [-0.3, -0.25) is 4.79 Å². The fourth-order valence-corrected chi connectivity index (χ4v) is 4.98. The Bertz CT molecular complexity index is 1580. The first-order valence-electron chi connectivity index (χ1n) is 13.0. The molecule has 0 aliphatic rings. The summed E-state index contributed by atoms with van der Waals surface area (Å²) in [6.45, 7) is 9.04. The zero-order valence-corrected chi connectivity index (χ0v) is 23.5. The summed E-state index contributed by atoms with van der Waals surface area (Å²) in [5, 5.41) is 16.0. The highest BCUT2D eigenvalue weighted by Crippen LogP contribution is 2.38. The molecule has 1 heterocycles. The first kappa shape index (κ1) is 28.5. The van der Waals surface area contributed by atoms with E-state index in [1.807, 2.05) is 39.0 Å². The summed E-state index contributed by atoms with van der Waals surface area (Å²) in [5.41, 5.74) is 5.74. The van der Waals surface area contributed by atoms with E-state index in [0.717, 1.165) is 27.8 Å². The first-order chi connectivity index (χ1) is 19.0. The number of hydrogen-bond acceptors (Lipinski definition) is 3. The van der Waals surface area contributed by atoms with Crippen molar-refractivity contribution in [1.82, 2.24) is 4.98 Å². The van der Waals surface area contributed by atoms with E-state index in [0.29, 0.717) is 21.7 Å². The Morgan fingerprint density at radius 1 is 1.10 bits per heavy atom. The summed E-state index contributed by atoms with van der Waals surface area (Å²) in [5.74, 6) is -2.89. The van der Waals surface area contributed by atoms with E-state index in [-0.39, 0.29) is 29.2 Å². The van der Waals surface area contributed by atoms with Gasteiger partial charge in [0.05, 0.1) is 12.7 Å². The third kappa shape index (κ3) is 5.47. The number of rotatable bonds is 8. The van der Waals surface area contributed by atoms with E-state index in [4.69, 9.17) is 4.74 Å². The minimum atomic E-state index is -3.02. The van der Waals surface area contributed by atoms with Crippen molar-refractivity contribution in [2.45, 2.75) is 47.0 Å². The van der Waals surface area contributed by atoms with E-state index in [9.17, 15) is 18.8 Å². The Morgan fingerprint density at radius 3 is 2.42 bits per heavy atom. The second-order valence-corrected chi connectivity index (χ2v) is 9.78. The van der Waals surface area contributed by atoms with Crippen LogP contribution in [0.15, 0.2) is 60.7 Å². The highest BCUT2D eigenvalue weighted by atomic mass is 19.3. The zero-order chi connectivity index (χ0) is 29.2. The van der Waals surface area contributed by atoms with Crippen molar-refractivity contribution in [3.05, 3.63) is 99.5 Å². The summed E-state index contributed by atoms with van der Waals surface area (Å²) in [4.78, 5) is 16.2. The Labute approximate surface area is 232 Å². The summed E-state index contributed by atoms with van der Waals surface area (Å²) in [6, 6.07) is 15.1. The van der Waals surface area contributed by atoms with Gasteiger partial charge in [-0.2, -0.15) is 0 Å². The number of anilines is 1. The van der Waals surface area contributed by atoms with Crippen molar-refractivity contribution < 1.29 is 23.0 Å². The van der Waals surface area contributed by atoms with Gasteiger partial charge in [-0.1, -0.05) is 43.3 Å². The van der Waals surface area contributed by atoms with E-state index >= 15 is 0 Å². The molecule has 6 nitrogen and oxygen atoms in total. The molecule has 0 saturated carbocycles. The quantitative estimate of drug-likeness (QED) is 0.176. The lowest BCUT2D eigenvalue weighted by atomic mass is 9.91. The van der Waals surface area contributed by atoms with E-state index < -0.39 is 11.8 Å². The van der Waals surface area contributed by atoms with Crippen LogP contribution in [0.1, 0.15) is 58.7 Å². The minimum Gasteiger partial charge on any atom is -0.710 e. The normalized spacial score (nSPS) is 11.7. The van der Waals surface area contributed by atoms with Crippen LogP contribution in [-0.4, -0.2) is 18.0 Å². The number of benzene rings is 3. The first-order valence-corrected chi connectivity index (χ1v) is 13.0. The van der Waals surface area contributed by atoms with Gasteiger partial charge in [0.15, 0.2) is 5.69 Å². The lowest BCUT2D eigenvalue weighted by Gasteiger charge is -2.16. The number of aromatic amines is 1. The second-order valence-electron chi connectivity index (χ2n) is 9.78. The Balaban J connectivity index is 1.73. The molecule has 0 spiro atoms. The van der Waals surface area contributed by atoms with E-state index in [1.165, 1.54) is 31.2 Å². The van der Waals surface area contributed by atoms with Gasteiger partial charge in [0.1, 0.15) is 5.75 Å². The number of carbonyl (C=O) groups is 1. The van der Waals surface area contributed by atoms with Crippen LogP contribution in [0.4, 0.5) is 14.5 Å². The molecule has 1 amide bonds. The van der Waals surface area contributed by atoms with Gasteiger partial charge in [-0.15, -0.1) is 0 Å². The number of carbonyl (C=O) groups excluding carboxylic acids is 1. The number of imidazole rings is 1. The molecule has 0 aliphatic heterocycles. The molecule has 0 atom stereocenters. The molecular weight excluding hydrogens is 512 g/mol. The Morgan fingerprint density at radius 2 is 1.80 bits per heavy atom. The number of methoxy groups -OCH3 is 1. The van der Waals surface area contributed by atoms with Gasteiger partial charge < -0.3 is 15.3 Å². The number of aromatic nitrogens is 2. The minimum absolute atomic E-state index is 0.150. The number of alkyl halides is 2. The molecule has 8 heteroatoms. The average molecular weight is 546 g/mol. The van der Waals surface area contributed by atoms with Crippen LogP contribution < -0.4 is 14.8 Å². The molecule has 4 aromatic rings. The molecule has 0 saturated heterocycles. The highest BCUT2D eigenvalue weighted by Gasteiger charge is 2.30. The molecule has 2 N–H and O–H groups in total. The number of nitrogens with one attached hydrogen (secondary N) is 2. The number of amides is 1. The van der Waals surface area contributed by atoms with Crippen LogP contribution >= 0.6 is 0 Å². The predicted molar refractivity (Wildman–Crippen MR) is 155 cm³/mol. The lowest BCUT2D eigenvalue weighted by Crippen LogP contribution is -2.36. The van der Waals surface area contributed by atoms with Crippen molar-refractivity contribution in [3.8, 4) is 28.3 Å². The Kier molecular flexibility index (Phi) is 8.09. The third-order valence-electron chi connectivity index (χ3n) is 6.93. The van der Waals surface area contributed by atoms with Gasteiger partial charge in [0.2, 0.25) is 5.69 Å². The summed E-state index contributed by atoms with van der Waals surface area (Å²) >= 11 is 0. The summed E-state index contributed by atoms with van der Waals surface area (Å²) in [6.07, 6.45) is 3.66. The topological polar surface area (TPSA) is 81.1 Å². The van der Waals surface area contributed by atoms with E-state index in [1.54, 1.807) is 26.2 Å². The van der Waals surface area contributed by atoms with Crippen LogP contribution in [0.5, 0.6) is 5.75 Å². The number of halogens is 2.